The average molecular weight is 230 g/mol. The molecule has 1 aromatic rings. The highest BCUT2D eigenvalue weighted by atomic mass is 16.3. The maximum absolute atomic E-state index is 6.18. The normalized spacial score (nSPS) is 17.9. The molecule has 1 aromatic heterocycles. The van der Waals surface area contributed by atoms with Gasteiger partial charge < -0.3 is 15.9 Å². The van der Waals surface area contributed by atoms with Crippen LogP contribution in [0.1, 0.15) is 30.9 Å². The topological polar surface area (TPSA) is 65.2 Å². The molecular formula is C14H18N2O. The first-order valence-corrected chi connectivity index (χ1v) is 5.74. The van der Waals surface area contributed by atoms with Gasteiger partial charge in [0.15, 0.2) is 0 Å². The predicted molar refractivity (Wildman–Crippen MR) is 69.1 cm³/mol. The molecule has 0 saturated carbocycles. The van der Waals surface area contributed by atoms with Gasteiger partial charge in [0, 0.05) is 5.70 Å². The quantitative estimate of drug-likeness (QED) is 0.821. The molecule has 0 aromatic carbocycles. The van der Waals surface area contributed by atoms with Gasteiger partial charge in [0.1, 0.15) is 11.5 Å². The van der Waals surface area contributed by atoms with Gasteiger partial charge in [0.2, 0.25) is 0 Å². The van der Waals surface area contributed by atoms with Crippen LogP contribution in [0.3, 0.4) is 0 Å². The molecule has 0 spiro atoms. The lowest BCUT2D eigenvalue weighted by Gasteiger charge is -2.14. The van der Waals surface area contributed by atoms with Gasteiger partial charge in [0.05, 0.1) is 6.04 Å². The highest BCUT2D eigenvalue weighted by molar-refractivity contribution is 5.42. The molecule has 17 heavy (non-hydrogen) atoms. The van der Waals surface area contributed by atoms with E-state index in [1.165, 1.54) is 0 Å². The van der Waals surface area contributed by atoms with Crippen molar-refractivity contribution in [2.75, 3.05) is 0 Å². The first-order valence-electron chi connectivity index (χ1n) is 5.74. The van der Waals surface area contributed by atoms with Crippen LogP contribution in [-0.4, -0.2) is 0 Å². The highest BCUT2D eigenvalue weighted by Crippen LogP contribution is 2.27. The Hall–Kier alpha value is -1.74. The highest BCUT2D eigenvalue weighted by Gasteiger charge is 2.17. The first-order chi connectivity index (χ1) is 8.08. The molecule has 0 radical (unpaired) electrons. The Bertz CT molecular complexity index is 506. The Morgan fingerprint density at radius 1 is 1.24 bits per heavy atom. The second-order valence-electron chi connectivity index (χ2n) is 4.37. The number of nitrogens with two attached hydrogens (primary N) is 2. The minimum Gasteiger partial charge on any atom is -0.464 e. The summed E-state index contributed by atoms with van der Waals surface area (Å²) in [6.45, 7) is 3.94. The van der Waals surface area contributed by atoms with E-state index in [1.807, 2.05) is 32.1 Å². The van der Waals surface area contributed by atoms with Crippen molar-refractivity contribution in [3.63, 3.8) is 0 Å². The zero-order valence-corrected chi connectivity index (χ0v) is 10.2. The molecule has 1 aliphatic carbocycles. The molecule has 0 aliphatic heterocycles. The van der Waals surface area contributed by atoms with Crippen LogP contribution >= 0.6 is 0 Å². The van der Waals surface area contributed by atoms with Crippen molar-refractivity contribution in [3.05, 3.63) is 58.7 Å². The molecule has 3 nitrogen and oxygen atoms in total. The summed E-state index contributed by atoms with van der Waals surface area (Å²) >= 11 is 0. The van der Waals surface area contributed by atoms with Crippen LogP contribution in [0.4, 0.5) is 0 Å². The minimum absolute atomic E-state index is 0.292. The Morgan fingerprint density at radius 3 is 2.65 bits per heavy atom. The van der Waals surface area contributed by atoms with Gasteiger partial charge >= 0.3 is 0 Å². The summed E-state index contributed by atoms with van der Waals surface area (Å²) in [5.74, 6) is 1.62. The summed E-state index contributed by atoms with van der Waals surface area (Å²) in [4.78, 5) is 0. The van der Waals surface area contributed by atoms with Crippen LogP contribution in [0.15, 0.2) is 51.6 Å². The largest absolute Gasteiger partial charge is 0.464 e. The van der Waals surface area contributed by atoms with E-state index >= 15 is 0 Å². The number of rotatable bonds is 2. The molecule has 1 heterocycles. The van der Waals surface area contributed by atoms with E-state index in [-0.39, 0.29) is 6.04 Å². The third-order valence-corrected chi connectivity index (χ3v) is 2.90. The van der Waals surface area contributed by atoms with E-state index < -0.39 is 0 Å². The molecule has 3 heteroatoms. The Morgan fingerprint density at radius 2 is 2.00 bits per heavy atom. The minimum atomic E-state index is -0.292. The maximum atomic E-state index is 6.18. The molecular weight excluding hydrogens is 212 g/mol. The van der Waals surface area contributed by atoms with Gasteiger partial charge in [-0.1, -0.05) is 17.7 Å². The lowest BCUT2D eigenvalue weighted by atomic mass is 10.0. The smallest absolute Gasteiger partial charge is 0.125 e. The van der Waals surface area contributed by atoms with Crippen molar-refractivity contribution in [1.82, 2.24) is 0 Å². The molecule has 0 saturated heterocycles. The zero-order chi connectivity index (χ0) is 12.4. The summed E-state index contributed by atoms with van der Waals surface area (Å²) in [6, 6.07) is 3.52. The number of hydrogen-bond donors (Lipinski definition) is 2. The van der Waals surface area contributed by atoms with Crippen LogP contribution in [0, 0.1) is 6.92 Å². The van der Waals surface area contributed by atoms with Gasteiger partial charge in [-0.15, -0.1) is 0 Å². The van der Waals surface area contributed by atoms with Crippen LogP contribution < -0.4 is 11.5 Å². The molecule has 0 bridgehead atoms. The third kappa shape index (κ3) is 2.50. The Kier molecular flexibility index (Phi) is 3.20. The molecule has 1 atom stereocenters. The number of hydrogen-bond acceptors (Lipinski definition) is 3. The molecule has 0 amide bonds. The maximum Gasteiger partial charge on any atom is 0.125 e. The SMILES string of the molecule is CC1=CCC=C(C(N)c2ccc(C)o2)C(N)=C1. The number of furan rings is 1. The molecule has 2 rings (SSSR count). The van der Waals surface area contributed by atoms with Crippen molar-refractivity contribution < 1.29 is 4.42 Å². The molecule has 0 fully saturated rings. The standard InChI is InChI=1S/C14H18N2O/c1-9-4-3-5-11(12(15)8-9)14(16)13-7-6-10(2)17-13/h4-8,14H,3,15-16H2,1-2H3. The van der Waals surface area contributed by atoms with Crippen molar-refractivity contribution >= 4 is 0 Å². The number of aryl methyl sites for hydroxylation is 1. The van der Waals surface area contributed by atoms with Crippen LogP contribution in [0.5, 0.6) is 0 Å². The average Bonchev–Trinajstić information content (AvgIpc) is 2.62. The van der Waals surface area contributed by atoms with Crippen LogP contribution in [0.2, 0.25) is 0 Å². The lowest BCUT2D eigenvalue weighted by molar-refractivity contribution is 0.464. The first kappa shape index (κ1) is 11.7. The van der Waals surface area contributed by atoms with Gasteiger partial charge in [-0.05, 0) is 44.1 Å². The summed E-state index contributed by atoms with van der Waals surface area (Å²) in [5.41, 5.74) is 15.0. The van der Waals surface area contributed by atoms with Gasteiger partial charge in [-0.3, -0.25) is 0 Å². The zero-order valence-electron chi connectivity index (χ0n) is 10.2. The fourth-order valence-corrected chi connectivity index (χ4v) is 1.96. The van der Waals surface area contributed by atoms with Crippen LogP contribution in [0.25, 0.3) is 0 Å². The van der Waals surface area contributed by atoms with E-state index in [0.29, 0.717) is 0 Å². The van der Waals surface area contributed by atoms with Crippen molar-refractivity contribution in [2.24, 2.45) is 11.5 Å². The monoisotopic (exact) mass is 230 g/mol. The molecule has 1 unspecified atom stereocenters. The predicted octanol–water partition coefficient (Wildman–Crippen LogP) is 2.71. The molecule has 4 N–H and O–H groups in total. The summed E-state index contributed by atoms with van der Waals surface area (Å²) in [5, 5.41) is 0. The van der Waals surface area contributed by atoms with E-state index in [2.05, 4.69) is 12.2 Å². The Labute approximate surface area is 101 Å². The third-order valence-electron chi connectivity index (χ3n) is 2.90. The van der Waals surface area contributed by atoms with Crippen molar-refractivity contribution in [2.45, 2.75) is 26.3 Å². The lowest BCUT2D eigenvalue weighted by Crippen LogP contribution is -2.17. The van der Waals surface area contributed by atoms with Gasteiger partial charge in [-0.25, -0.2) is 0 Å². The van der Waals surface area contributed by atoms with E-state index in [0.717, 1.165) is 34.8 Å². The van der Waals surface area contributed by atoms with Crippen LogP contribution in [-0.2, 0) is 0 Å². The second-order valence-corrected chi connectivity index (χ2v) is 4.37. The molecule has 90 valence electrons. The summed E-state index contributed by atoms with van der Waals surface area (Å²) in [6.07, 6.45) is 6.99. The van der Waals surface area contributed by atoms with E-state index in [1.54, 1.807) is 0 Å². The molecule has 1 aliphatic rings. The van der Waals surface area contributed by atoms with E-state index in [9.17, 15) is 0 Å². The van der Waals surface area contributed by atoms with E-state index in [4.69, 9.17) is 15.9 Å². The number of allylic oxidation sites excluding steroid dienone is 4. The fourth-order valence-electron chi connectivity index (χ4n) is 1.96. The van der Waals surface area contributed by atoms with Crippen molar-refractivity contribution in [1.29, 1.82) is 0 Å². The van der Waals surface area contributed by atoms with Crippen molar-refractivity contribution in [3.8, 4) is 0 Å². The Balaban J connectivity index is 2.29. The second kappa shape index (κ2) is 4.63. The van der Waals surface area contributed by atoms with Gasteiger partial charge in [-0.2, -0.15) is 0 Å². The van der Waals surface area contributed by atoms with Gasteiger partial charge in [0.25, 0.3) is 0 Å². The summed E-state index contributed by atoms with van der Waals surface area (Å²) < 4.78 is 5.55. The fraction of sp³-hybridized carbons (Fsp3) is 0.286. The summed E-state index contributed by atoms with van der Waals surface area (Å²) in [7, 11) is 0.